The van der Waals surface area contributed by atoms with Crippen molar-refractivity contribution in [3.63, 3.8) is 0 Å². The van der Waals surface area contributed by atoms with Gasteiger partial charge in [0.05, 0.1) is 39.6 Å². The van der Waals surface area contributed by atoms with Gasteiger partial charge in [-0.2, -0.15) is 0 Å². The summed E-state index contributed by atoms with van der Waals surface area (Å²) < 4.78 is 40.0. The Balaban J connectivity index is 2.45. The molecule has 0 bridgehead atoms. The molecule has 10 nitrogen and oxygen atoms in total. The molecule has 0 aliphatic rings. The van der Waals surface area contributed by atoms with E-state index < -0.39 is 11.8 Å². The Labute approximate surface area is 594 Å². The molecule has 0 radical (unpaired) electrons. The fraction of sp³-hybridized carbons (Fsp3) is 0.837. The highest BCUT2D eigenvalue weighted by atomic mass is 16.5. The van der Waals surface area contributed by atoms with Gasteiger partial charge in [0.15, 0.2) is 23.0 Å². The third-order valence-electron chi connectivity index (χ3n) is 19.4. The summed E-state index contributed by atoms with van der Waals surface area (Å²) >= 11 is 0. The van der Waals surface area contributed by atoms with Crippen LogP contribution in [0.25, 0.3) is 0 Å². The molecule has 2 aromatic rings. The van der Waals surface area contributed by atoms with Crippen molar-refractivity contribution in [2.75, 3.05) is 39.6 Å². The van der Waals surface area contributed by atoms with E-state index >= 15 is 0 Å². The van der Waals surface area contributed by atoms with Gasteiger partial charge >= 0.3 is 0 Å². The highest BCUT2D eigenvalue weighted by Gasteiger charge is 2.23. The van der Waals surface area contributed by atoms with Gasteiger partial charge in [-0.1, -0.05) is 388 Å². The SMILES string of the molecule is CCCCCCCCCCCCOc1cc(C(=O)NNC(=O)c2cc(OCCCCCCCCCCCC)c(OCCCCCCCCCCCC)c(OCCCCCCCCCCCC)c2)cc(OCCCCCCCCCCCC)c1OCCCCCCCCCCCC. The fourth-order valence-electron chi connectivity index (χ4n) is 13.0. The molecule has 0 unspecified atom stereocenters. The predicted molar refractivity (Wildman–Crippen MR) is 412 cm³/mol. The van der Waals surface area contributed by atoms with Gasteiger partial charge in [0.25, 0.3) is 11.8 Å². The molecule has 0 aromatic heterocycles. The van der Waals surface area contributed by atoms with Crippen LogP contribution >= 0.6 is 0 Å². The normalized spacial score (nSPS) is 11.4. The topological polar surface area (TPSA) is 114 Å². The van der Waals surface area contributed by atoms with E-state index in [4.69, 9.17) is 28.4 Å². The predicted octanol–water partition coefficient (Wildman–Crippen LogP) is 27.6. The van der Waals surface area contributed by atoms with E-state index in [1.54, 1.807) is 24.3 Å². The maximum atomic E-state index is 14.6. The lowest BCUT2D eigenvalue weighted by Crippen LogP contribution is -2.41. The van der Waals surface area contributed by atoms with Crippen molar-refractivity contribution >= 4 is 11.8 Å². The minimum atomic E-state index is -0.469. The number of hydrogen-bond donors (Lipinski definition) is 2. The van der Waals surface area contributed by atoms with Crippen molar-refractivity contribution in [3.8, 4) is 34.5 Å². The van der Waals surface area contributed by atoms with Crippen LogP contribution in [-0.4, -0.2) is 51.5 Å². The Kier molecular flexibility index (Phi) is 62.8. The number of carbonyl (C=O) groups is 2. The summed E-state index contributed by atoms with van der Waals surface area (Å²) in [5, 5.41) is 0. The van der Waals surface area contributed by atoms with Gasteiger partial charge in [-0.25, -0.2) is 0 Å². The molecule has 2 rings (SSSR count). The molecule has 0 saturated carbocycles. The minimum absolute atomic E-state index is 0.328. The van der Waals surface area contributed by atoms with E-state index in [0.29, 0.717) is 85.3 Å². The number of rotatable bonds is 74. The van der Waals surface area contributed by atoms with E-state index in [-0.39, 0.29) is 0 Å². The number of carbonyl (C=O) groups excluding carboxylic acids is 2. The summed E-state index contributed by atoms with van der Waals surface area (Å²) in [6.45, 7) is 16.8. The third-order valence-corrected chi connectivity index (χ3v) is 19.4. The van der Waals surface area contributed by atoms with Gasteiger partial charge in [0, 0.05) is 11.1 Å². The van der Waals surface area contributed by atoms with Crippen molar-refractivity contribution in [2.45, 2.75) is 427 Å². The maximum Gasteiger partial charge on any atom is 0.269 e. The second-order valence-electron chi connectivity index (χ2n) is 28.7. The zero-order valence-corrected chi connectivity index (χ0v) is 64.2. The van der Waals surface area contributed by atoms with Gasteiger partial charge in [-0.05, 0) is 62.8 Å². The molecule has 96 heavy (non-hydrogen) atoms. The van der Waals surface area contributed by atoms with E-state index in [1.165, 1.54) is 308 Å². The molecule has 0 heterocycles. The van der Waals surface area contributed by atoms with Crippen LogP contribution in [0.5, 0.6) is 34.5 Å². The number of amides is 2. The lowest BCUT2D eigenvalue weighted by atomic mass is 10.1. The van der Waals surface area contributed by atoms with E-state index in [9.17, 15) is 9.59 Å². The Morgan fingerprint density at radius 1 is 0.208 bits per heavy atom. The summed E-state index contributed by atoms with van der Waals surface area (Å²) in [5.74, 6) is 2.24. The number of ether oxygens (including phenoxy) is 6. The van der Waals surface area contributed by atoms with Crippen LogP contribution in [0.3, 0.4) is 0 Å². The minimum Gasteiger partial charge on any atom is -0.490 e. The number of unbranched alkanes of at least 4 members (excludes halogenated alkanes) is 54. The lowest BCUT2D eigenvalue weighted by molar-refractivity contribution is 0.0845. The Morgan fingerprint density at radius 3 is 0.500 bits per heavy atom. The van der Waals surface area contributed by atoms with E-state index in [1.807, 2.05) is 0 Å². The standard InChI is InChI=1S/C86H156N2O8/c1-7-13-19-25-31-37-43-49-55-61-67-91-79-73-77(74-80(92-68-62-56-50-44-38-32-26-20-14-8-2)83(79)95-71-65-59-53-47-41-35-29-23-17-11-5)85(89)87-88-86(90)78-75-81(93-69-63-57-51-45-39-33-27-21-15-9-3)84(96-72-66-60-54-48-42-36-30-24-18-12-6)82(76-78)94-70-64-58-52-46-40-34-28-22-16-10-4/h73-76H,7-72H2,1-6H3,(H,87,89)(H,88,90). The molecule has 0 spiro atoms. The number of nitrogens with one attached hydrogen (secondary N) is 2. The quantitative estimate of drug-likeness (QED) is 0.0497. The molecule has 0 fully saturated rings. The van der Waals surface area contributed by atoms with Crippen molar-refractivity contribution in [1.29, 1.82) is 0 Å². The van der Waals surface area contributed by atoms with Crippen LogP contribution in [-0.2, 0) is 0 Å². The molecule has 0 aliphatic carbocycles. The van der Waals surface area contributed by atoms with Crippen LogP contribution in [0.4, 0.5) is 0 Å². The summed E-state index contributed by atoms with van der Waals surface area (Å²) in [4.78, 5) is 29.1. The van der Waals surface area contributed by atoms with Crippen LogP contribution in [0, 0.1) is 0 Å². The first-order valence-corrected chi connectivity index (χ1v) is 42.2. The van der Waals surface area contributed by atoms with Crippen LogP contribution < -0.4 is 39.3 Å². The second-order valence-corrected chi connectivity index (χ2v) is 28.7. The first-order chi connectivity index (χ1) is 47.4. The largest absolute Gasteiger partial charge is 0.490 e. The smallest absolute Gasteiger partial charge is 0.269 e. The molecular weight excluding hydrogens is 1190 g/mol. The number of hydrogen-bond acceptors (Lipinski definition) is 8. The molecule has 558 valence electrons. The zero-order chi connectivity index (χ0) is 68.9. The second kappa shape index (κ2) is 68.3. The summed E-state index contributed by atoms with van der Waals surface area (Å²) in [7, 11) is 0. The van der Waals surface area contributed by atoms with Crippen molar-refractivity contribution in [2.24, 2.45) is 0 Å². The van der Waals surface area contributed by atoms with Crippen molar-refractivity contribution < 1.29 is 38.0 Å². The lowest BCUT2D eigenvalue weighted by Gasteiger charge is -2.20. The summed E-state index contributed by atoms with van der Waals surface area (Å²) in [6, 6.07) is 7.11. The molecule has 2 aromatic carbocycles. The Morgan fingerprint density at radius 2 is 0.344 bits per heavy atom. The number of hydrazine groups is 1. The summed E-state index contributed by atoms with van der Waals surface area (Å²) in [6.07, 6.45) is 74.2. The first kappa shape index (κ1) is 88.3. The highest BCUT2D eigenvalue weighted by Crippen LogP contribution is 2.41. The van der Waals surface area contributed by atoms with Crippen molar-refractivity contribution in [1.82, 2.24) is 10.9 Å². The van der Waals surface area contributed by atoms with Crippen LogP contribution in [0.2, 0.25) is 0 Å². The third kappa shape index (κ3) is 50.5. The van der Waals surface area contributed by atoms with Crippen molar-refractivity contribution in [3.05, 3.63) is 35.4 Å². The average Bonchev–Trinajstić information content (AvgIpc) is 0.848. The molecule has 2 amide bonds. The maximum absolute atomic E-state index is 14.6. The average molecular weight is 1350 g/mol. The Hall–Kier alpha value is -3.82. The van der Waals surface area contributed by atoms with E-state index in [2.05, 4.69) is 52.4 Å². The Bertz CT molecular complexity index is 1790. The van der Waals surface area contributed by atoms with Gasteiger partial charge < -0.3 is 28.4 Å². The van der Waals surface area contributed by atoms with Gasteiger partial charge in [-0.15, -0.1) is 0 Å². The van der Waals surface area contributed by atoms with Crippen LogP contribution in [0.15, 0.2) is 24.3 Å². The molecule has 0 saturated heterocycles. The summed E-state index contributed by atoms with van der Waals surface area (Å²) in [5.41, 5.74) is 6.24. The van der Waals surface area contributed by atoms with Crippen LogP contribution in [0.1, 0.15) is 448 Å². The highest BCUT2D eigenvalue weighted by molar-refractivity contribution is 6.00. The monoisotopic (exact) mass is 1350 g/mol. The fourth-order valence-corrected chi connectivity index (χ4v) is 13.0. The van der Waals surface area contributed by atoms with E-state index in [0.717, 1.165) is 77.0 Å². The molecule has 0 aliphatic heterocycles. The number of benzene rings is 2. The van der Waals surface area contributed by atoms with Gasteiger partial charge in [-0.3, -0.25) is 20.4 Å². The molecule has 2 N–H and O–H groups in total. The van der Waals surface area contributed by atoms with Gasteiger partial charge in [0.1, 0.15) is 0 Å². The first-order valence-electron chi connectivity index (χ1n) is 42.2. The zero-order valence-electron chi connectivity index (χ0n) is 64.2. The molecule has 0 atom stereocenters. The molecular formula is C86H156N2O8. The molecule has 10 heteroatoms. The van der Waals surface area contributed by atoms with Gasteiger partial charge in [0.2, 0.25) is 11.5 Å².